The Labute approximate surface area is 111 Å². The van der Waals surface area contributed by atoms with E-state index >= 15 is 0 Å². The van der Waals surface area contributed by atoms with Crippen LogP contribution in [0.15, 0.2) is 54.6 Å². The Bertz CT molecular complexity index is 973. The molecule has 0 spiro atoms. The highest BCUT2D eigenvalue weighted by molar-refractivity contribution is 6.25. The Hall–Kier alpha value is -2.34. The zero-order valence-electron chi connectivity index (χ0n) is 10.5. The van der Waals surface area contributed by atoms with Gasteiger partial charge in [0.2, 0.25) is 0 Å². The van der Waals surface area contributed by atoms with Gasteiger partial charge in [0, 0.05) is 0 Å². The molecule has 5 rings (SSSR count). The standard InChI is InChI=1S/C19H12/c1-3-12-7-9-14-10-8-13-4-2-6-16-11-15(5-1)17(12)19(14)18(13)16/h1-5,7-11H,6H2. The van der Waals surface area contributed by atoms with Gasteiger partial charge in [-0.3, -0.25) is 0 Å². The third-order valence-corrected chi connectivity index (χ3v) is 4.38. The van der Waals surface area contributed by atoms with Gasteiger partial charge in [-0.25, -0.2) is 0 Å². The van der Waals surface area contributed by atoms with Gasteiger partial charge in [0.25, 0.3) is 0 Å². The minimum absolute atomic E-state index is 1.05. The average molecular weight is 240 g/mol. The molecule has 4 aromatic carbocycles. The second kappa shape index (κ2) is 3.16. The highest BCUT2D eigenvalue weighted by atomic mass is 14.2. The molecule has 19 heavy (non-hydrogen) atoms. The van der Waals surface area contributed by atoms with Crippen molar-refractivity contribution in [2.24, 2.45) is 0 Å². The Morgan fingerprint density at radius 1 is 0.684 bits per heavy atom. The van der Waals surface area contributed by atoms with E-state index in [1.165, 1.54) is 43.4 Å². The Balaban J connectivity index is 2.24. The Morgan fingerprint density at radius 2 is 1.47 bits per heavy atom. The van der Waals surface area contributed by atoms with Crippen LogP contribution in [0, 0.1) is 0 Å². The molecule has 0 bridgehead atoms. The van der Waals surface area contributed by atoms with E-state index in [0.29, 0.717) is 0 Å². The van der Waals surface area contributed by atoms with Crippen molar-refractivity contribution >= 4 is 38.4 Å². The van der Waals surface area contributed by atoms with Crippen LogP contribution in [0.5, 0.6) is 0 Å². The maximum Gasteiger partial charge on any atom is -0.00179 e. The van der Waals surface area contributed by atoms with Crippen LogP contribution >= 0.6 is 0 Å². The molecule has 0 saturated heterocycles. The van der Waals surface area contributed by atoms with E-state index in [9.17, 15) is 0 Å². The molecular formula is C19H12. The van der Waals surface area contributed by atoms with Crippen LogP contribution in [0.25, 0.3) is 38.4 Å². The highest BCUT2D eigenvalue weighted by Gasteiger charge is 2.15. The van der Waals surface area contributed by atoms with Crippen LogP contribution in [-0.4, -0.2) is 0 Å². The van der Waals surface area contributed by atoms with Crippen LogP contribution in [0.2, 0.25) is 0 Å². The molecule has 1 aliphatic carbocycles. The zero-order valence-corrected chi connectivity index (χ0v) is 10.5. The molecule has 0 saturated carbocycles. The molecule has 0 unspecified atom stereocenters. The molecule has 0 atom stereocenters. The molecule has 0 heteroatoms. The van der Waals surface area contributed by atoms with E-state index in [1.807, 2.05) is 0 Å². The monoisotopic (exact) mass is 240 g/mol. The van der Waals surface area contributed by atoms with E-state index in [2.05, 4.69) is 60.7 Å². The fraction of sp³-hybridized carbons (Fsp3) is 0.0526. The second-order valence-electron chi connectivity index (χ2n) is 5.41. The third kappa shape index (κ3) is 1.09. The molecule has 1 aliphatic rings. The van der Waals surface area contributed by atoms with Gasteiger partial charge < -0.3 is 0 Å². The van der Waals surface area contributed by atoms with E-state index in [-0.39, 0.29) is 0 Å². The normalized spacial score (nSPS) is 13.9. The van der Waals surface area contributed by atoms with Gasteiger partial charge in [0.05, 0.1) is 0 Å². The van der Waals surface area contributed by atoms with Crippen molar-refractivity contribution in [1.29, 1.82) is 0 Å². The SMILES string of the molecule is C1=Cc2ccc3ccc4cccc5cc(c2c3c45)C1. The number of hydrogen-bond donors (Lipinski definition) is 0. The quantitative estimate of drug-likeness (QED) is 0.373. The van der Waals surface area contributed by atoms with Gasteiger partial charge in [0.15, 0.2) is 0 Å². The lowest BCUT2D eigenvalue weighted by Crippen LogP contribution is -1.95. The lowest BCUT2D eigenvalue weighted by atomic mass is 9.86. The first kappa shape index (κ1) is 9.57. The fourth-order valence-corrected chi connectivity index (χ4v) is 3.58. The van der Waals surface area contributed by atoms with E-state index in [1.54, 1.807) is 0 Å². The molecule has 0 radical (unpaired) electrons. The molecule has 0 aromatic heterocycles. The summed E-state index contributed by atoms with van der Waals surface area (Å²) in [6.45, 7) is 0. The van der Waals surface area contributed by atoms with Gasteiger partial charge in [-0.15, -0.1) is 0 Å². The molecular weight excluding hydrogens is 228 g/mol. The maximum atomic E-state index is 2.37. The first-order chi connectivity index (χ1) is 9.42. The molecule has 4 aromatic rings. The number of hydrogen-bond acceptors (Lipinski definition) is 0. The minimum Gasteiger partial charge on any atom is -0.0795 e. The molecule has 88 valence electrons. The van der Waals surface area contributed by atoms with E-state index in [0.717, 1.165) is 6.42 Å². The van der Waals surface area contributed by atoms with Crippen molar-refractivity contribution in [3.8, 4) is 0 Å². The van der Waals surface area contributed by atoms with Crippen LogP contribution in [0.1, 0.15) is 11.1 Å². The second-order valence-corrected chi connectivity index (χ2v) is 5.41. The van der Waals surface area contributed by atoms with Crippen molar-refractivity contribution in [1.82, 2.24) is 0 Å². The van der Waals surface area contributed by atoms with Crippen molar-refractivity contribution in [3.63, 3.8) is 0 Å². The van der Waals surface area contributed by atoms with Crippen molar-refractivity contribution < 1.29 is 0 Å². The zero-order chi connectivity index (χ0) is 12.4. The molecule has 0 amide bonds. The summed E-state index contributed by atoms with van der Waals surface area (Å²) in [5, 5.41) is 8.42. The van der Waals surface area contributed by atoms with Crippen LogP contribution in [0.3, 0.4) is 0 Å². The van der Waals surface area contributed by atoms with Crippen molar-refractivity contribution in [2.75, 3.05) is 0 Å². The summed E-state index contributed by atoms with van der Waals surface area (Å²) >= 11 is 0. The van der Waals surface area contributed by atoms with Gasteiger partial charge in [-0.2, -0.15) is 0 Å². The first-order valence-corrected chi connectivity index (χ1v) is 6.78. The lowest BCUT2D eigenvalue weighted by molar-refractivity contribution is 1.30. The van der Waals surface area contributed by atoms with E-state index < -0.39 is 0 Å². The lowest BCUT2D eigenvalue weighted by Gasteiger charge is -2.18. The van der Waals surface area contributed by atoms with Crippen molar-refractivity contribution in [2.45, 2.75) is 6.42 Å². The van der Waals surface area contributed by atoms with Gasteiger partial charge in [-0.05, 0) is 49.9 Å². The minimum atomic E-state index is 1.05. The summed E-state index contributed by atoms with van der Waals surface area (Å²) in [5.74, 6) is 0. The molecule has 0 nitrogen and oxygen atoms in total. The largest absolute Gasteiger partial charge is 0.0795 e. The number of rotatable bonds is 0. The van der Waals surface area contributed by atoms with E-state index in [4.69, 9.17) is 0 Å². The Kier molecular flexibility index (Phi) is 1.59. The summed E-state index contributed by atoms with van der Waals surface area (Å²) in [6, 6.07) is 18.0. The Morgan fingerprint density at radius 3 is 2.42 bits per heavy atom. The van der Waals surface area contributed by atoms with Crippen LogP contribution < -0.4 is 0 Å². The average Bonchev–Trinajstić information content (AvgIpc) is 2.47. The summed E-state index contributed by atoms with van der Waals surface area (Å²) in [4.78, 5) is 0. The first-order valence-electron chi connectivity index (χ1n) is 6.78. The van der Waals surface area contributed by atoms with Crippen LogP contribution in [-0.2, 0) is 6.42 Å². The smallest absolute Gasteiger partial charge is 0.00179 e. The molecule has 0 fully saturated rings. The molecule has 0 N–H and O–H groups in total. The number of benzene rings is 4. The van der Waals surface area contributed by atoms with Crippen LogP contribution in [0.4, 0.5) is 0 Å². The fourth-order valence-electron chi connectivity index (χ4n) is 3.58. The summed E-state index contributed by atoms with van der Waals surface area (Å²) in [7, 11) is 0. The topological polar surface area (TPSA) is 0 Å². The maximum absolute atomic E-state index is 2.37. The van der Waals surface area contributed by atoms with Gasteiger partial charge in [-0.1, -0.05) is 60.7 Å². The summed E-state index contributed by atoms with van der Waals surface area (Å²) in [5.41, 5.74) is 2.83. The third-order valence-electron chi connectivity index (χ3n) is 4.38. The predicted octanol–water partition coefficient (Wildman–Crippen LogP) is 5.15. The highest BCUT2D eigenvalue weighted by Crippen LogP contribution is 2.39. The number of allylic oxidation sites excluding steroid dienone is 1. The molecule has 0 aliphatic heterocycles. The summed E-state index contributed by atoms with van der Waals surface area (Å²) in [6.07, 6.45) is 5.59. The van der Waals surface area contributed by atoms with Gasteiger partial charge in [0.1, 0.15) is 0 Å². The van der Waals surface area contributed by atoms with Gasteiger partial charge >= 0.3 is 0 Å². The van der Waals surface area contributed by atoms with Crippen molar-refractivity contribution in [3.05, 3.63) is 65.7 Å². The summed E-state index contributed by atoms with van der Waals surface area (Å²) < 4.78 is 0. The predicted molar refractivity (Wildman–Crippen MR) is 82.9 cm³/mol. The molecule has 0 heterocycles.